The zero-order valence-electron chi connectivity index (χ0n) is 6.10. The van der Waals surface area contributed by atoms with Gasteiger partial charge in [0.05, 0.1) is 5.41 Å². The van der Waals surface area contributed by atoms with Gasteiger partial charge < -0.3 is 5.73 Å². The first-order valence-electron chi connectivity index (χ1n) is 2.79. The molecular weight excluding hydrogens is 134 g/mol. The Kier molecular flexibility index (Phi) is 3.04. The lowest BCUT2D eigenvalue weighted by atomic mass is 9.96. The fourth-order valence-corrected chi connectivity index (χ4v) is 1.30. The highest BCUT2D eigenvalue weighted by molar-refractivity contribution is 7.98. The van der Waals surface area contributed by atoms with Crippen LogP contribution in [-0.2, 0) is 4.79 Å². The van der Waals surface area contributed by atoms with Gasteiger partial charge in [0.25, 0.3) is 0 Å². The monoisotopic (exact) mass is 147 g/mol. The second-order valence-electron chi connectivity index (χ2n) is 2.68. The molecule has 0 atom stereocenters. The maximum atomic E-state index is 10.6. The number of carbonyl (C=O) groups is 1. The SMILES string of the molecule is CSCC(C)(C)C(N)=O. The van der Waals surface area contributed by atoms with Gasteiger partial charge in [0.2, 0.25) is 5.91 Å². The van der Waals surface area contributed by atoms with Gasteiger partial charge in [-0.1, -0.05) is 13.8 Å². The lowest BCUT2D eigenvalue weighted by Gasteiger charge is -2.17. The van der Waals surface area contributed by atoms with Crippen molar-refractivity contribution < 1.29 is 4.79 Å². The minimum Gasteiger partial charge on any atom is -0.369 e. The van der Waals surface area contributed by atoms with Crippen molar-refractivity contribution >= 4 is 17.7 Å². The largest absolute Gasteiger partial charge is 0.369 e. The topological polar surface area (TPSA) is 43.1 Å². The molecule has 0 aromatic carbocycles. The highest BCUT2D eigenvalue weighted by atomic mass is 32.2. The number of carbonyl (C=O) groups excluding carboxylic acids is 1. The van der Waals surface area contributed by atoms with Crippen LogP contribution in [-0.4, -0.2) is 17.9 Å². The highest BCUT2D eigenvalue weighted by Crippen LogP contribution is 2.18. The summed E-state index contributed by atoms with van der Waals surface area (Å²) >= 11 is 1.64. The molecule has 2 N–H and O–H groups in total. The molecule has 3 heteroatoms. The summed E-state index contributed by atoms with van der Waals surface area (Å²) in [6.07, 6.45) is 1.96. The number of hydrogen-bond donors (Lipinski definition) is 1. The van der Waals surface area contributed by atoms with Crippen LogP contribution in [0.5, 0.6) is 0 Å². The molecule has 0 saturated heterocycles. The first kappa shape index (κ1) is 8.82. The van der Waals surface area contributed by atoms with E-state index in [0.717, 1.165) is 5.75 Å². The molecule has 9 heavy (non-hydrogen) atoms. The molecule has 0 bridgehead atoms. The van der Waals surface area contributed by atoms with E-state index in [1.807, 2.05) is 20.1 Å². The molecule has 0 heterocycles. The number of thioether (sulfide) groups is 1. The number of primary amides is 1. The molecule has 0 rings (SSSR count). The summed E-state index contributed by atoms with van der Waals surface area (Å²) in [5.74, 6) is 0.569. The second kappa shape index (κ2) is 3.11. The van der Waals surface area contributed by atoms with Gasteiger partial charge in [-0.05, 0) is 6.26 Å². The van der Waals surface area contributed by atoms with Crippen LogP contribution in [0.3, 0.4) is 0 Å². The van der Waals surface area contributed by atoms with Gasteiger partial charge in [0, 0.05) is 5.75 Å². The summed E-state index contributed by atoms with van der Waals surface area (Å²) in [6, 6.07) is 0. The predicted molar refractivity (Wildman–Crippen MR) is 41.4 cm³/mol. The molecule has 0 aliphatic carbocycles. The van der Waals surface area contributed by atoms with Gasteiger partial charge in [-0.15, -0.1) is 0 Å². The van der Waals surface area contributed by atoms with Crippen molar-refractivity contribution in [2.45, 2.75) is 13.8 Å². The predicted octanol–water partition coefficient (Wildman–Crippen LogP) is 0.861. The maximum Gasteiger partial charge on any atom is 0.223 e. The van der Waals surface area contributed by atoms with Crippen LogP contribution < -0.4 is 5.73 Å². The van der Waals surface area contributed by atoms with Gasteiger partial charge in [0.15, 0.2) is 0 Å². The van der Waals surface area contributed by atoms with Crippen LogP contribution in [0.4, 0.5) is 0 Å². The van der Waals surface area contributed by atoms with E-state index in [4.69, 9.17) is 5.73 Å². The average molecular weight is 147 g/mol. The van der Waals surface area contributed by atoms with Crippen LogP contribution in [0.2, 0.25) is 0 Å². The zero-order valence-corrected chi connectivity index (χ0v) is 6.92. The molecule has 0 radical (unpaired) electrons. The number of nitrogens with two attached hydrogens (primary N) is 1. The molecule has 2 nitrogen and oxygen atoms in total. The Morgan fingerprint density at radius 2 is 2.11 bits per heavy atom. The van der Waals surface area contributed by atoms with Crippen LogP contribution in [0.25, 0.3) is 0 Å². The quantitative estimate of drug-likeness (QED) is 0.643. The fraction of sp³-hybridized carbons (Fsp3) is 0.833. The third-order valence-electron chi connectivity index (χ3n) is 1.17. The summed E-state index contributed by atoms with van der Waals surface area (Å²) < 4.78 is 0. The number of hydrogen-bond acceptors (Lipinski definition) is 2. The van der Waals surface area contributed by atoms with Gasteiger partial charge in [-0.25, -0.2) is 0 Å². The van der Waals surface area contributed by atoms with Crippen molar-refractivity contribution in [2.75, 3.05) is 12.0 Å². The van der Waals surface area contributed by atoms with E-state index in [0.29, 0.717) is 0 Å². The van der Waals surface area contributed by atoms with Gasteiger partial charge >= 0.3 is 0 Å². The normalized spacial score (nSPS) is 11.4. The summed E-state index contributed by atoms with van der Waals surface area (Å²) in [5, 5.41) is 0. The minimum atomic E-state index is -0.348. The average Bonchev–Trinajstić information content (AvgIpc) is 1.65. The van der Waals surface area contributed by atoms with E-state index >= 15 is 0 Å². The summed E-state index contributed by atoms with van der Waals surface area (Å²) in [7, 11) is 0. The van der Waals surface area contributed by atoms with Crippen molar-refractivity contribution in [1.82, 2.24) is 0 Å². The summed E-state index contributed by atoms with van der Waals surface area (Å²) in [6.45, 7) is 3.71. The first-order valence-corrected chi connectivity index (χ1v) is 4.19. The molecular formula is C6H13NOS. The van der Waals surface area contributed by atoms with E-state index in [-0.39, 0.29) is 11.3 Å². The Labute approximate surface area is 60.2 Å². The molecule has 0 aliphatic rings. The Balaban J connectivity index is 3.85. The lowest BCUT2D eigenvalue weighted by molar-refractivity contribution is -0.124. The van der Waals surface area contributed by atoms with Crippen molar-refractivity contribution in [1.29, 1.82) is 0 Å². The highest BCUT2D eigenvalue weighted by Gasteiger charge is 2.23. The van der Waals surface area contributed by atoms with Crippen molar-refractivity contribution in [3.8, 4) is 0 Å². The molecule has 0 unspecified atom stereocenters. The Morgan fingerprint density at radius 3 is 2.22 bits per heavy atom. The molecule has 0 spiro atoms. The van der Waals surface area contributed by atoms with Gasteiger partial charge in [-0.3, -0.25) is 4.79 Å². The van der Waals surface area contributed by atoms with Gasteiger partial charge in [0.1, 0.15) is 0 Å². The van der Waals surface area contributed by atoms with E-state index < -0.39 is 0 Å². The minimum absolute atomic E-state index is 0.225. The Morgan fingerprint density at radius 1 is 1.67 bits per heavy atom. The smallest absolute Gasteiger partial charge is 0.223 e. The van der Waals surface area contributed by atoms with Crippen LogP contribution in [0.15, 0.2) is 0 Å². The molecule has 0 aromatic heterocycles. The summed E-state index contributed by atoms with van der Waals surface area (Å²) in [4.78, 5) is 10.6. The third kappa shape index (κ3) is 2.75. The summed E-state index contributed by atoms with van der Waals surface area (Å²) in [5.41, 5.74) is 4.76. The first-order chi connectivity index (χ1) is 4.00. The van der Waals surface area contributed by atoms with Crippen molar-refractivity contribution in [3.63, 3.8) is 0 Å². The molecule has 1 amide bonds. The van der Waals surface area contributed by atoms with E-state index in [1.54, 1.807) is 11.8 Å². The van der Waals surface area contributed by atoms with Gasteiger partial charge in [-0.2, -0.15) is 11.8 Å². The molecule has 0 aliphatic heterocycles. The van der Waals surface area contributed by atoms with E-state index in [1.165, 1.54) is 0 Å². The molecule has 0 fully saturated rings. The van der Waals surface area contributed by atoms with Crippen LogP contribution in [0.1, 0.15) is 13.8 Å². The van der Waals surface area contributed by atoms with Crippen LogP contribution in [0, 0.1) is 5.41 Å². The fourth-order valence-electron chi connectivity index (χ4n) is 0.432. The lowest BCUT2D eigenvalue weighted by Crippen LogP contribution is -2.33. The third-order valence-corrected chi connectivity index (χ3v) is 2.18. The Bertz CT molecular complexity index is 112. The van der Waals surface area contributed by atoms with E-state index in [2.05, 4.69) is 0 Å². The Hall–Kier alpha value is -0.180. The number of rotatable bonds is 3. The standard InChI is InChI=1S/C6H13NOS/c1-6(2,4-9-3)5(7)8/h4H2,1-3H3,(H2,7,8). The maximum absolute atomic E-state index is 10.6. The molecule has 0 saturated carbocycles. The zero-order chi connectivity index (χ0) is 7.49. The van der Waals surface area contributed by atoms with Crippen molar-refractivity contribution in [3.05, 3.63) is 0 Å². The molecule has 0 aromatic rings. The number of amides is 1. The molecule has 54 valence electrons. The van der Waals surface area contributed by atoms with E-state index in [9.17, 15) is 4.79 Å². The van der Waals surface area contributed by atoms with Crippen LogP contribution >= 0.6 is 11.8 Å². The van der Waals surface area contributed by atoms with Crippen molar-refractivity contribution in [2.24, 2.45) is 11.1 Å². The second-order valence-corrected chi connectivity index (χ2v) is 3.55.